The first-order valence-electron chi connectivity index (χ1n) is 7.90. The van der Waals surface area contributed by atoms with Crippen LogP contribution in [0.5, 0.6) is 0 Å². The summed E-state index contributed by atoms with van der Waals surface area (Å²) in [5, 5.41) is 17.7. The zero-order valence-electron chi connectivity index (χ0n) is 13.1. The molecule has 1 aliphatic heterocycles. The maximum absolute atomic E-state index is 12.4. The van der Waals surface area contributed by atoms with E-state index in [-0.39, 0.29) is 6.04 Å². The number of nitrogens with zero attached hydrogens (tertiary/aromatic N) is 4. The van der Waals surface area contributed by atoms with Gasteiger partial charge in [-0.25, -0.2) is 0 Å². The lowest BCUT2D eigenvalue weighted by Crippen LogP contribution is -2.60. The molecular weight excluding hydrogens is 309 g/mol. The van der Waals surface area contributed by atoms with E-state index in [1.54, 1.807) is 11.9 Å². The van der Waals surface area contributed by atoms with E-state index in [1.807, 2.05) is 4.90 Å². The minimum absolute atomic E-state index is 0.00941. The van der Waals surface area contributed by atoms with Crippen molar-refractivity contribution in [3.63, 3.8) is 0 Å². The van der Waals surface area contributed by atoms with E-state index in [4.69, 9.17) is 5.11 Å². The molecule has 0 amide bonds. The van der Waals surface area contributed by atoms with Gasteiger partial charge in [0.15, 0.2) is 11.9 Å². The van der Waals surface area contributed by atoms with Gasteiger partial charge < -0.3 is 10.0 Å². The summed E-state index contributed by atoms with van der Waals surface area (Å²) < 4.78 is 37.2. The summed E-state index contributed by atoms with van der Waals surface area (Å²) in [5.74, 6) is 0.798. The topological polar surface area (TPSA) is 52.5 Å². The predicted octanol–water partition coefficient (Wildman–Crippen LogP) is 1.40. The van der Waals surface area contributed by atoms with Crippen LogP contribution in [-0.2, 0) is 12.8 Å². The molecule has 1 N–H and O–H groups in total. The summed E-state index contributed by atoms with van der Waals surface area (Å²) in [6, 6.07) is 2.05. The van der Waals surface area contributed by atoms with Gasteiger partial charge in [0.25, 0.3) is 0 Å². The molecule has 0 saturated carbocycles. The summed E-state index contributed by atoms with van der Waals surface area (Å²) >= 11 is 0. The molecule has 1 unspecified atom stereocenters. The quantitative estimate of drug-likeness (QED) is 0.904. The van der Waals surface area contributed by atoms with Crippen molar-refractivity contribution in [1.29, 1.82) is 0 Å². The van der Waals surface area contributed by atoms with E-state index < -0.39 is 18.8 Å². The lowest BCUT2D eigenvalue weighted by molar-refractivity contribution is -0.208. The maximum atomic E-state index is 12.4. The van der Waals surface area contributed by atoms with E-state index in [0.29, 0.717) is 13.1 Å². The van der Waals surface area contributed by atoms with E-state index >= 15 is 0 Å². The number of rotatable bonds is 4. The molecule has 1 fully saturated rings. The molecule has 1 aromatic heterocycles. The largest absolute Gasteiger partial charge is 0.415 e. The van der Waals surface area contributed by atoms with Crippen molar-refractivity contribution in [2.75, 3.05) is 31.6 Å². The van der Waals surface area contributed by atoms with Crippen LogP contribution in [0.4, 0.5) is 19.0 Å². The first-order valence-corrected chi connectivity index (χ1v) is 7.90. The van der Waals surface area contributed by atoms with Crippen LogP contribution in [0.15, 0.2) is 6.07 Å². The molecule has 0 aromatic carbocycles. The zero-order valence-corrected chi connectivity index (χ0v) is 13.1. The van der Waals surface area contributed by atoms with Crippen LogP contribution in [0.3, 0.4) is 0 Å². The number of anilines is 1. The lowest BCUT2D eigenvalue weighted by atomic mass is 9.96. The molecule has 23 heavy (non-hydrogen) atoms. The molecule has 1 aliphatic carbocycles. The summed E-state index contributed by atoms with van der Waals surface area (Å²) in [6.45, 7) is 0.807. The number of hydrogen-bond acceptors (Lipinski definition) is 5. The third-order valence-corrected chi connectivity index (χ3v) is 4.71. The van der Waals surface area contributed by atoms with Crippen LogP contribution < -0.4 is 4.90 Å². The van der Waals surface area contributed by atoms with Gasteiger partial charge in [-0.1, -0.05) is 0 Å². The Kier molecular flexibility index (Phi) is 4.46. The number of alkyl halides is 3. The Morgan fingerprint density at radius 2 is 2.00 bits per heavy atom. The molecule has 0 bridgehead atoms. The molecule has 1 aromatic rings. The van der Waals surface area contributed by atoms with Crippen molar-refractivity contribution in [3.8, 4) is 0 Å². The van der Waals surface area contributed by atoms with E-state index in [2.05, 4.69) is 16.3 Å². The highest BCUT2D eigenvalue weighted by Crippen LogP contribution is 2.27. The molecule has 3 rings (SSSR count). The third-order valence-electron chi connectivity index (χ3n) is 4.71. The van der Waals surface area contributed by atoms with E-state index in [0.717, 1.165) is 30.8 Å². The molecule has 5 nitrogen and oxygen atoms in total. The molecule has 0 radical (unpaired) electrons. The molecule has 2 aliphatic rings. The summed E-state index contributed by atoms with van der Waals surface area (Å²) in [4.78, 5) is 3.57. The van der Waals surface area contributed by atoms with E-state index in [9.17, 15) is 13.2 Å². The SMILES string of the molecule is CN(CC(O)C(F)(F)F)C1CN(c2cc3c(nn2)CCCC3)C1. The summed E-state index contributed by atoms with van der Waals surface area (Å²) in [6.07, 6.45) is -2.56. The van der Waals surface area contributed by atoms with Gasteiger partial charge in [-0.15, -0.1) is 5.10 Å². The second kappa shape index (κ2) is 6.24. The first kappa shape index (κ1) is 16.4. The number of fused-ring (bicyclic) bond motifs is 1. The van der Waals surface area contributed by atoms with Gasteiger partial charge in [0, 0.05) is 25.7 Å². The highest BCUT2D eigenvalue weighted by Gasteiger charge is 2.41. The molecule has 1 atom stereocenters. The monoisotopic (exact) mass is 330 g/mol. The first-order chi connectivity index (χ1) is 10.8. The zero-order chi connectivity index (χ0) is 16.6. The number of aliphatic hydroxyl groups is 1. The Morgan fingerprint density at radius 3 is 2.70 bits per heavy atom. The van der Waals surface area contributed by atoms with Crippen LogP contribution in [-0.4, -0.2) is 65.2 Å². The number of aliphatic hydroxyl groups excluding tert-OH is 1. The van der Waals surface area contributed by atoms with Gasteiger partial charge in [0.2, 0.25) is 0 Å². The Bertz CT molecular complexity index is 560. The molecule has 0 spiro atoms. The van der Waals surface area contributed by atoms with Gasteiger partial charge >= 0.3 is 6.18 Å². The number of hydrogen-bond donors (Lipinski definition) is 1. The summed E-state index contributed by atoms with van der Waals surface area (Å²) in [5.41, 5.74) is 2.31. The van der Waals surface area contributed by atoms with Crippen LogP contribution in [0.2, 0.25) is 0 Å². The lowest BCUT2D eigenvalue weighted by Gasteiger charge is -2.45. The Morgan fingerprint density at radius 1 is 1.30 bits per heavy atom. The Hall–Kier alpha value is -1.41. The number of aromatic nitrogens is 2. The van der Waals surface area contributed by atoms with Gasteiger partial charge in [0.05, 0.1) is 5.69 Å². The normalized spacial score (nSPS) is 20.3. The van der Waals surface area contributed by atoms with Crippen molar-refractivity contribution in [3.05, 3.63) is 17.3 Å². The molecular formula is C15H21F3N4O. The van der Waals surface area contributed by atoms with Crippen LogP contribution in [0.25, 0.3) is 0 Å². The fraction of sp³-hybridized carbons (Fsp3) is 0.733. The number of halogens is 3. The minimum atomic E-state index is -4.57. The fourth-order valence-corrected chi connectivity index (χ4v) is 3.08. The molecule has 1 saturated heterocycles. The van der Waals surface area contributed by atoms with Crippen LogP contribution in [0.1, 0.15) is 24.1 Å². The smallest absolute Gasteiger partial charge is 0.382 e. The van der Waals surface area contributed by atoms with Crippen LogP contribution in [0, 0.1) is 0 Å². The third kappa shape index (κ3) is 3.58. The minimum Gasteiger partial charge on any atom is -0.382 e. The fourth-order valence-electron chi connectivity index (χ4n) is 3.08. The Labute approximate surface area is 133 Å². The summed E-state index contributed by atoms with van der Waals surface area (Å²) in [7, 11) is 1.61. The molecule has 8 heteroatoms. The van der Waals surface area contributed by atoms with Crippen molar-refractivity contribution >= 4 is 5.82 Å². The van der Waals surface area contributed by atoms with Gasteiger partial charge in [-0.2, -0.15) is 18.3 Å². The van der Waals surface area contributed by atoms with Gasteiger partial charge in [-0.3, -0.25) is 4.90 Å². The number of aryl methyl sites for hydroxylation is 2. The van der Waals surface area contributed by atoms with Crippen molar-refractivity contribution < 1.29 is 18.3 Å². The second-order valence-corrected chi connectivity index (χ2v) is 6.44. The predicted molar refractivity (Wildman–Crippen MR) is 79.4 cm³/mol. The number of likely N-dealkylation sites (N-methyl/N-ethyl adjacent to an activating group) is 1. The average molecular weight is 330 g/mol. The molecule has 128 valence electrons. The van der Waals surface area contributed by atoms with Crippen molar-refractivity contribution in [1.82, 2.24) is 15.1 Å². The standard InChI is InChI=1S/C15H21F3N4O/c1-21(9-13(23)15(16,17)18)11-7-22(8-11)14-6-10-4-2-3-5-12(10)19-20-14/h6,11,13,23H,2-5,7-9H2,1H3. The second-order valence-electron chi connectivity index (χ2n) is 6.44. The Balaban J connectivity index is 1.54. The average Bonchev–Trinajstić information content (AvgIpc) is 2.44. The maximum Gasteiger partial charge on any atom is 0.415 e. The van der Waals surface area contributed by atoms with E-state index in [1.165, 1.54) is 12.0 Å². The van der Waals surface area contributed by atoms with Gasteiger partial charge in [-0.05, 0) is 44.4 Å². The highest BCUT2D eigenvalue weighted by molar-refractivity contribution is 5.45. The van der Waals surface area contributed by atoms with Crippen molar-refractivity contribution in [2.24, 2.45) is 0 Å². The van der Waals surface area contributed by atoms with Gasteiger partial charge in [0.1, 0.15) is 0 Å². The molecule has 2 heterocycles. The van der Waals surface area contributed by atoms with Crippen molar-refractivity contribution in [2.45, 2.75) is 44.0 Å². The van der Waals surface area contributed by atoms with Crippen LogP contribution >= 0.6 is 0 Å². The highest BCUT2D eigenvalue weighted by atomic mass is 19.4.